The maximum Gasteiger partial charge on any atom is 0.175 e. The summed E-state index contributed by atoms with van der Waals surface area (Å²) < 4.78 is 23.2. The van der Waals surface area contributed by atoms with Gasteiger partial charge in [0.2, 0.25) is 0 Å². The first kappa shape index (κ1) is 16.3. The molecule has 0 fully saturated rings. The van der Waals surface area contributed by atoms with Crippen LogP contribution in [0.2, 0.25) is 5.02 Å². The van der Waals surface area contributed by atoms with Gasteiger partial charge in [0.25, 0.3) is 0 Å². The molecule has 0 saturated carbocycles. The van der Waals surface area contributed by atoms with Crippen LogP contribution in [-0.2, 0) is 9.84 Å². The van der Waals surface area contributed by atoms with E-state index < -0.39 is 9.84 Å². The summed E-state index contributed by atoms with van der Waals surface area (Å²) in [5, 5.41) is 0.786. The van der Waals surface area contributed by atoms with E-state index in [4.69, 9.17) is 11.6 Å². The molecule has 0 radical (unpaired) electrons. The van der Waals surface area contributed by atoms with Gasteiger partial charge in [0.15, 0.2) is 9.84 Å². The van der Waals surface area contributed by atoms with E-state index >= 15 is 0 Å². The Morgan fingerprint density at radius 3 is 2.04 bits per heavy atom. The molecule has 0 atom stereocenters. The molecule has 0 bridgehead atoms. The van der Waals surface area contributed by atoms with Crippen molar-refractivity contribution in [1.82, 2.24) is 0 Å². The SMILES string of the molecule is Cc1ccc(C2=C(c3ccc(S(C)(=O)=O)cc3)CCC2)cc1Cl. The number of aryl methyl sites for hydroxylation is 1. The number of sulfone groups is 1. The van der Waals surface area contributed by atoms with Gasteiger partial charge in [-0.3, -0.25) is 0 Å². The van der Waals surface area contributed by atoms with Gasteiger partial charge in [-0.1, -0.05) is 35.9 Å². The standard InChI is InChI=1S/C19H19ClO2S/c1-13-6-7-15(12-19(13)20)18-5-3-4-17(18)14-8-10-16(11-9-14)23(2,21)22/h6-12H,3-5H2,1-2H3. The van der Waals surface area contributed by atoms with Crippen molar-refractivity contribution in [2.75, 3.05) is 6.26 Å². The summed E-state index contributed by atoms with van der Waals surface area (Å²) in [6, 6.07) is 13.4. The molecule has 1 aliphatic carbocycles. The molecule has 0 spiro atoms. The summed E-state index contributed by atoms with van der Waals surface area (Å²) in [6.07, 6.45) is 4.39. The zero-order chi connectivity index (χ0) is 16.6. The summed E-state index contributed by atoms with van der Waals surface area (Å²) >= 11 is 6.27. The third-order valence-electron chi connectivity index (χ3n) is 4.37. The van der Waals surface area contributed by atoms with Gasteiger partial charge in [-0.05, 0) is 72.2 Å². The van der Waals surface area contributed by atoms with Crippen LogP contribution >= 0.6 is 11.6 Å². The van der Waals surface area contributed by atoms with E-state index in [1.54, 1.807) is 12.1 Å². The van der Waals surface area contributed by atoms with Crippen LogP contribution < -0.4 is 0 Å². The molecule has 120 valence electrons. The molecule has 2 nitrogen and oxygen atoms in total. The third-order valence-corrected chi connectivity index (χ3v) is 5.90. The Hall–Kier alpha value is -1.58. The maximum atomic E-state index is 11.6. The summed E-state index contributed by atoms with van der Waals surface area (Å²) in [7, 11) is -3.15. The molecule has 0 heterocycles. The van der Waals surface area contributed by atoms with E-state index in [0.29, 0.717) is 4.90 Å². The Morgan fingerprint density at radius 2 is 1.48 bits per heavy atom. The first-order valence-electron chi connectivity index (χ1n) is 7.65. The highest BCUT2D eigenvalue weighted by Crippen LogP contribution is 2.40. The zero-order valence-electron chi connectivity index (χ0n) is 13.3. The van der Waals surface area contributed by atoms with Gasteiger partial charge in [0, 0.05) is 11.3 Å². The lowest BCUT2D eigenvalue weighted by Crippen LogP contribution is -1.97. The van der Waals surface area contributed by atoms with Crippen LogP contribution in [-0.4, -0.2) is 14.7 Å². The van der Waals surface area contributed by atoms with Crippen molar-refractivity contribution in [3.63, 3.8) is 0 Å². The fourth-order valence-corrected chi connectivity index (χ4v) is 3.88. The van der Waals surface area contributed by atoms with Crippen molar-refractivity contribution >= 4 is 32.6 Å². The quantitative estimate of drug-likeness (QED) is 0.770. The second kappa shape index (κ2) is 6.14. The number of hydrogen-bond donors (Lipinski definition) is 0. The van der Waals surface area contributed by atoms with Crippen molar-refractivity contribution in [1.29, 1.82) is 0 Å². The van der Waals surface area contributed by atoms with Gasteiger partial charge in [-0.15, -0.1) is 0 Å². The number of halogens is 1. The van der Waals surface area contributed by atoms with Crippen LogP contribution in [0.4, 0.5) is 0 Å². The van der Waals surface area contributed by atoms with Crippen molar-refractivity contribution in [2.45, 2.75) is 31.1 Å². The summed E-state index contributed by atoms with van der Waals surface area (Å²) in [4.78, 5) is 0.361. The molecule has 0 unspecified atom stereocenters. The molecule has 1 aliphatic rings. The number of hydrogen-bond acceptors (Lipinski definition) is 2. The minimum atomic E-state index is -3.15. The van der Waals surface area contributed by atoms with Crippen molar-refractivity contribution in [2.24, 2.45) is 0 Å². The molecule has 0 aromatic heterocycles. The molecular weight excluding hydrogens is 328 g/mol. The highest BCUT2D eigenvalue weighted by atomic mass is 35.5. The molecule has 2 aromatic rings. The topological polar surface area (TPSA) is 34.1 Å². The van der Waals surface area contributed by atoms with Gasteiger partial charge < -0.3 is 0 Å². The predicted molar refractivity (Wildman–Crippen MR) is 96.4 cm³/mol. The molecule has 0 N–H and O–H groups in total. The monoisotopic (exact) mass is 346 g/mol. The molecule has 3 rings (SSSR count). The van der Waals surface area contributed by atoms with E-state index in [2.05, 4.69) is 6.07 Å². The predicted octanol–water partition coefficient (Wildman–Crippen LogP) is 5.15. The van der Waals surface area contributed by atoms with E-state index in [1.165, 1.54) is 23.0 Å². The van der Waals surface area contributed by atoms with Crippen molar-refractivity contribution < 1.29 is 8.42 Å². The molecular formula is C19H19ClO2S. The zero-order valence-corrected chi connectivity index (χ0v) is 14.8. The Morgan fingerprint density at radius 1 is 0.913 bits per heavy atom. The van der Waals surface area contributed by atoms with Crippen LogP contribution in [0.5, 0.6) is 0 Å². The van der Waals surface area contributed by atoms with Gasteiger partial charge >= 0.3 is 0 Å². The van der Waals surface area contributed by atoms with Gasteiger partial charge in [0.05, 0.1) is 4.90 Å². The van der Waals surface area contributed by atoms with Crippen LogP contribution in [0.15, 0.2) is 47.4 Å². The minimum Gasteiger partial charge on any atom is -0.224 e. The fourth-order valence-electron chi connectivity index (χ4n) is 3.06. The number of allylic oxidation sites excluding steroid dienone is 2. The van der Waals surface area contributed by atoms with E-state index in [-0.39, 0.29) is 0 Å². The first-order chi connectivity index (χ1) is 10.9. The fraction of sp³-hybridized carbons (Fsp3) is 0.263. The Balaban J connectivity index is 2.04. The minimum absolute atomic E-state index is 0.361. The molecule has 2 aromatic carbocycles. The number of rotatable bonds is 3. The van der Waals surface area contributed by atoms with Crippen LogP contribution in [0.1, 0.15) is 36.0 Å². The molecule has 4 heteroatoms. The lowest BCUT2D eigenvalue weighted by atomic mass is 9.96. The molecule has 0 amide bonds. The van der Waals surface area contributed by atoms with Crippen LogP contribution in [0, 0.1) is 6.92 Å². The highest BCUT2D eigenvalue weighted by molar-refractivity contribution is 7.90. The molecule has 0 aliphatic heterocycles. The largest absolute Gasteiger partial charge is 0.224 e. The smallest absolute Gasteiger partial charge is 0.175 e. The lowest BCUT2D eigenvalue weighted by Gasteiger charge is -2.10. The summed E-state index contributed by atoms with van der Waals surface area (Å²) in [5.41, 5.74) is 5.96. The summed E-state index contributed by atoms with van der Waals surface area (Å²) in [5.74, 6) is 0. The second-order valence-electron chi connectivity index (χ2n) is 6.07. The Kier molecular flexibility index (Phi) is 4.35. The van der Waals surface area contributed by atoms with Crippen LogP contribution in [0.3, 0.4) is 0 Å². The third kappa shape index (κ3) is 3.36. The second-order valence-corrected chi connectivity index (χ2v) is 8.49. The van der Waals surface area contributed by atoms with Gasteiger partial charge in [-0.2, -0.15) is 0 Å². The number of benzene rings is 2. The van der Waals surface area contributed by atoms with Crippen LogP contribution in [0.25, 0.3) is 11.1 Å². The van der Waals surface area contributed by atoms with Gasteiger partial charge in [-0.25, -0.2) is 8.42 Å². The average Bonchev–Trinajstić information content (AvgIpc) is 2.99. The first-order valence-corrected chi connectivity index (χ1v) is 9.92. The Bertz CT molecular complexity index is 878. The Labute approximate surface area is 142 Å². The van der Waals surface area contributed by atoms with E-state index in [1.807, 2.05) is 31.2 Å². The van der Waals surface area contributed by atoms with E-state index in [9.17, 15) is 8.42 Å². The highest BCUT2D eigenvalue weighted by Gasteiger charge is 2.18. The lowest BCUT2D eigenvalue weighted by molar-refractivity contribution is 0.602. The molecule has 0 saturated heterocycles. The van der Waals surface area contributed by atoms with Crippen molar-refractivity contribution in [3.05, 3.63) is 64.2 Å². The summed E-state index contributed by atoms with van der Waals surface area (Å²) in [6.45, 7) is 2.00. The molecule has 23 heavy (non-hydrogen) atoms. The van der Waals surface area contributed by atoms with Crippen molar-refractivity contribution in [3.8, 4) is 0 Å². The van der Waals surface area contributed by atoms with E-state index in [0.717, 1.165) is 35.4 Å². The normalized spacial score (nSPS) is 15.3. The maximum absolute atomic E-state index is 11.6. The van der Waals surface area contributed by atoms with Gasteiger partial charge in [0.1, 0.15) is 0 Å². The average molecular weight is 347 g/mol.